The van der Waals surface area contributed by atoms with E-state index in [4.69, 9.17) is 5.11 Å². The number of aryl methyl sites for hydroxylation is 2. The first-order valence-corrected chi connectivity index (χ1v) is 8.24. The number of hydrogen-bond donors (Lipinski definition) is 3. The molecule has 3 rings (SSSR count). The van der Waals surface area contributed by atoms with Gasteiger partial charge in [-0.05, 0) is 45.2 Å². The summed E-state index contributed by atoms with van der Waals surface area (Å²) >= 11 is 0. The smallest absolute Gasteiger partial charge is 0.319 e. The average molecular weight is 343 g/mol. The number of carboxylic acids is 1. The van der Waals surface area contributed by atoms with E-state index in [0.717, 1.165) is 11.5 Å². The molecule has 0 radical (unpaired) electrons. The molecule has 3 N–H and O–H groups in total. The Labute approximate surface area is 145 Å². The molecule has 8 nitrogen and oxygen atoms in total. The van der Waals surface area contributed by atoms with Crippen molar-refractivity contribution >= 4 is 17.7 Å². The van der Waals surface area contributed by atoms with Gasteiger partial charge in [0.25, 0.3) is 0 Å². The first-order chi connectivity index (χ1) is 11.9. The number of aliphatic carboxylic acids is 1. The Kier molecular flexibility index (Phi) is 4.69. The fourth-order valence-corrected chi connectivity index (χ4v) is 3.19. The van der Waals surface area contributed by atoms with E-state index < -0.39 is 5.97 Å². The highest BCUT2D eigenvalue weighted by Crippen LogP contribution is 2.26. The quantitative estimate of drug-likeness (QED) is 0.789. The van der Waals surface area contributed by atoms with E-state index in [1.807, 2.05) is 32.0 Å². The molecule has 1 aliphatic rings. The van der Waals surface area contributed by atoms with Gasteiger partial charge in [-0.25, -0.2) is 14.5 Å². The summed E-state index contributed by atoms with van der Waals surface area (Å²) in [5, 5.41) is 19.1. The van der Waals surface area contributed by atoms with Crippen LogP contribution in [0.1, 0.15) is 30.9 Å². The van der Waals surface area contributed by atoms with Gasteiger partial charge < -0.3 is 15.7 Å². The van der Waals surface area contributed by atoms with Gasteiger partial charge in [-0.2, -0.15) is 5.10 Å². The molecular formula is C17H21N5O3. The van der Waals surface area contributed by atoms with Gasteiger partial charge in [-0.15, -0.1) is 0 Å². The van der Waals surface area contributed by atoms with Crippen LogP contribution >= 0.6 is 0 Å². The second kappa shape index (κ2) is 6.92. The fourth-order valence-electron chi connectivity index (χ4n) is 3.19. The molecule has 0 unspecified atom stereocenters. The normalized spacial score (nSPS) is 19.6. The summed E-state index contributed by atoms with van der Waals surface area (Å²) in [4.78, 5) is 27.6. The number of benzene rings is 1. The average Bonchev–Trinajstić information content (AvgIpc) is 3.14. The minimum Gasteiger partial charge on any atom is -0.481 e. The molecule has 2 amide bonds. The van der Waals surface area contributed by atoms with Crippen molar-refractivity contribution < 1.29 is 14.7 Å². The lowest BCUT2D eigenvalue weighted by molar-refractivity contribution is -0.141. The van der Waals surface area contributed by atoms with Gasteiger partial charge in [0.15, 0.2) is 0 Å². The van der Waals surface area contributed by atoms with Crippen LogP contribution in [-0.4, -0.2) is 37.9 Å². The number of nitrogens with zero attached hydrogens (tertiary/aromatic N) is 3. The highest BCUT2D eigenvalue weighted by molar-refractivity contribution is 5.91. The SMILES string of the molecule is Cc1nc(C)n(-c2ccccc2NC(=O)N[C@@H]2CC[C@H](C(=O)O)C2)n1. The number of anilines is 1. The molecule has 0 spiro atoms. The number of carboxylic acid groups (broad SMARTS) is 1. The summed E-state index contributed by atoms with van der Waals surface area (Å²) in [5.74, 6) is 0.208. The van der Waals surface area contributed by atoms with Crippen molar-refractivity contribution in [3.63, 3.8) is 0 Å². The number of para-hydroxylation sites is 2. The highest BCUT2D eigenvalue weighted by atomic mass is 16.4. The highest BCUT2D eigenvalue weighted by Gasteiger charge is 2.30. The third kappa shape index (κ3) is 3.78. The van der Waals surface area contributed by atoms with E-state index in [2.05, 4.69) is 20.7 Å². The van der Waals surface area contributed by atoms with E-state index in [-0.39, 0.29) is 18.0 Å². The molecule has 0 bridgehead atoms. The molecule has 2 aromatic rings. The minimum atomic E-state index is -0.799. The van der Waals surface area contributed by atoms with Crippen molar-refractivity contribution in [1.82, 2.24) is 20.1 Å². The van der Waals surface area contributed by atoms with Crippen LogP contribution in [0.2, 0.25) is 0 Å². The van der Waals surface area contributed by atoms with Gasteiger partial charge >= 0.3 is 12.0 Å². The molecule has 1 aliphatic carbocycles. The third-order valence-electron chi connectivity index (χ3n) is 4.37. The maximum absolute atomic E-state index is 12.3. The molecule has 8 heteroatoms. The molecule has 1 aromatic heterocycles. The number of carbonyl (C=O) groups excluding carboxylic acids is 1. The standard InChI is InChI=1S/C17H21N5O3/c1-10-18-11(2)22(21-10)15-6-4-3-5-14(15)20-17(25)19-13-8-7-12(9-13)16(23)24/h3-6,12-13H,7-9H2,1-2H3,(H,23,24)(H2,19,20,25)/t12-,13+/m0/s1. The Bertz CT molecular complexity index is 801. The Balaban J connectivity index is 1.70. The maximum Gasteiger partial charge on any atom is 0.319 e. The minimum absolute atomic E-state index is 0.122. The molecule has 1 fully saturated rings. The van der Waals surface area contributed by atoms with Crippen LogP contribution in [0.25, 0.3) is 5.69 Å². The molecule has 0 saturated heterocycles. The number of carbonyl (C=O) groups is 2. The van der Waals surface area contributed by atoms with Crippen LogP contribution < -0.4 is 10.6 Å². The third-order valence-corrected chi connectivity index (χ3v) is 4.37. The van der Waals surface area contributed by atoms with Crippen LogP contribution in [0.4, 0.5) is 10.5 Å². The fraction of sp³-hybridized carbons (Fsp3) is 0.412. The molecular weight excluding hydrogens is 322 g/mol. The van der Waals surface area contributed by atoms with Gasteiger partial charge in [0.1, 0.15) is 11.6 Å². The number of nitrogens with one attached hydrogen (secondary N) is 2. The van der Waals surface area contributed by atoms with Crippen molar-refractivity contribution in [2.24, 2.45) is 5.92 Å². The molecule has 2 atom stereocenters. The van der Waals surface area contributed by atoms with Crippen molar-refractivity contribution in [1.29, 1.82) is 0 Å². The monoisotopic (exact) mass is 343 g/mol. The summed E-state index contributed by atoms with van der Waals surface area (Å²) in [5.41, 5.74) is 1.34. The molecule has 132 valence electrons. The number of amides is 2. The Morgan fingerprint density at radius 2 is 2.00 bits per heavy atom. The van der Waals surface area contributed by atoms with Gasteiger partial charge in [0.05, 0.1) is 17.3 Å². The second-order valence-corrected chi connectivity index (χ2v) is 6.28. The van der Waals surface area contributed by atoms with Gasteiger partial charge in [0, 0.05) is 6.04 Å². The van der Waals surface area contributed by atoms with Crippen molar-refractivity contribution in [2.45, 2.75) is 39.2 Å². The van der Waals surface area contributed by atoms with Crippen LogP contribution in [-0.2, 0) is 4.79 Å². The Hall–Kier alpha value is -2.90. The summed E-state index contributed by atoms with van der Waals surface area (Å²) in [6.45, 7) is 3.66. The number of hydrogen-bond acceptors (Lipinski definition) is 4. The Morgan fingerprint density at radius 3 is 2.64 bits per heavy atom. The lowest BCUT2D eigenvalue weighted by atomic mass is 10.1. The molecule has 1 heterocycles. The first kappa shape index (κ1) is 16.9. The topological polar surface area (TPSA) is 109 Å². The van der Waals surface area contributed by atoms with Crippen LogP contribution in [0.5, 0.6) is 0 Å². The van der Waals surface area contributed by atoms with E-state index in [1.54, 1.807) is 10.7 Å². The summed E-state index contributed by atoms with van der Waals surface area (Å²) < 4.78 is 1.68. The van der Waals surface area contributed by atoms with Gasteiger partial charge in [-0.1, -0.05) is 12.1 Å². The molecule has 25 heavy (non-hydrogen) atoms. The lowest BCUT2D eigenvalue weighted by Gasteiger charge is -2.15. The van der Waals surface area contributed by atoms with E-state index in [1.165, 1.54) is 0 Å². The number of urea groups is 1. The molecule has 1 saturated carbocycles. The van der Waals surface area contributed by atoms with Crippen LogP contribution in [0, 0.1) is 19.8 Å². The van der Waals surface area contributed by atoms with Crippen molar-refractivity contribution in [2.75, 3.05) is 5.32 Å². The zero-order valence-electron chi connectivity index (χ0n) is 14.2. The predicted octanol–water partition coefficient (Wildman–Crippen LogP) is 2.26. The Morgan fingerprint density at radius 1 is 1.24 bits per heavy atom. The van der Waals surface area contributed by atoms with E-state index in [0.29, 0.717) is 30.8 Å². The second-order valence-electron chi connectivity index (χ2n) is 6.28. The summed E-state index contributed by atoms with van der Waals surface area (Å²) in [6.07, 6.45) is 1.73. The first-order valence-electron chi connectivity index (χ1n) is 8.24. The largest absolute Gasteiger partial charge is 0.481 e. The van der Waals surface area contributed by atoms with Crippen LogP contribution in [0.3, 0.4) is 0 Å². The summed E-state index contributed by atoms with van der Waals surface area (Å²) in [7, 11) is 0. The molecule has 0 aliphatic heterocycles. The number of aromatic nitrogens is 3. The lowest BCUT2D eigenvalue weighted by Crippen LogP contribution is -2.37. The van der Waals surface area contributed by atoms with E-state index in [9.17, 15) is 9.59 Å². The van der Waals surface area contributed by atoms with Gasteiger partial charge in [-0.3, -0.25) is 4.79 Å². The molecule has 1 aromatic carbocycles. The predicted molar refractivity (Wildman–Crippen MR) is 91.8 cm³/mol. The maximum atomic E-state index is 12.3. The van der Waals surface area contributed by atoms with E-state index >= 15 is 0 Å². The van der Waals surface area contributed by atoms with Crippen LogP contribution in [0.15, 0.2) is 24.3 Å². The zero-order valence-corrected chi connectivity index (χ0v) is 14.2. The summed E-state index contributed by atoms with van der Waals surface area (Å²) in [6, 6.07) is 6.87. The van der Waals surface area contributed by atoms with Crippen molar-refractivity contribution in [3.8, 4) is 5.69 Å². The van der Waals surface area contributed by atoms with Gasteiger partial charge in [0.2, 0.25) is 0 Å². The number of rotatable bonds is 4. The zero-order chi connectivity index (χ0) is 18.0. The van der Waals surface area contributed by atoms with Crippen molar-refractivity contribution in [3.05, 3.63) is 35.9 Å².